The molecular formula is C24H26N4O3. The standard InChI is InChI=1S/C24H26N4O3/c1-17-14-22(27-31-17)23(29)25-15-18-8-7-13-28(16-18)24(30)26-21-12-6-5-11-20(21)19-9-3-2-4-10-19/h2-6,9-12,14,18H,7-8,13,15-16H2,1H3,(H,25,29)(H,26,30). The van der Waals surface area contributed by atoms with Crippen LogP contribution in [0.1, 0.15) is 29.1 Å². The lowest BCUT2D eigenvalue weighted by Crippen LogP contribution is -2.45. The number of aryl methyl sites for hydroxylation is 1. The molecule has 0 spiro atoms. The van der Waals surface area contributed by atoms with Crippen molar-refractivity contribution in [2.24, 2.45) is 5.92 Å². The second kappa shape index (κ2) is 9.47. The van der Waals surface area contributed by atoms with Gasteiger partial charge in [-0.25, -0.2) is 4.79 Å². The third-order valence-corrected chi connectivity index (χ3v) is 5.47. The predicted octanol–water partition coefficient (Wildman–Crippen LogP) is 4.32. The van der Waals surface area contributed by atoms with Crippen molar-refractivity contribution in [2.45, 2.75) is 19.8 Å². The summed E-state index contributed by atoms with van der Waals surface area (Å²) in [6, 6.07) is 19.3. The highest BCUT2D eigenvalue weighted by Gasteiger charge is 2.25. The van der Waals surface area contributed by atoms with Crippen LogP contribution in [-0.2, 0) is 0 Å². The number of urea groups is 1. The van der Waals surface area contributed by atoms with Crippen LogP contribution in [0.2, 0.25) is 0 Å². The number of aromatic nitrogens is 1. The van der Waals surface area contributed by atoms with Gasteiger partial charge in [0.25, 0.3) is 5.91 Å². The molecule has 1 unspecified atom stereocenters. The van der Waals surface area contributed by atoms with E-state index in [2.05, 4.69) is 15.8 Å². The number of carbonyl (C=O) groups excluding carboxylic acids is 2. The lowest BCUT2D eigenvalue weighted by atomic mass is 9.98. The molecule has 7 heteroatoms. The van der Waals surface area contributed by atoms with Crippen molar-refractivity contribution in [1.82, 2.24) is 15.4 Å². The van der Waals surface area contributed by atoms with E-state index < -0.39 is 0 Å². The Morgan fingerprint density at radius 1 is 1.13 bits per heavy atom. The first-order valence-electron chi connectivity index (χ1n) is 10.5. The van der Waals surface area contributed by atoms with Crippen molar-refractivity contribution >= 4 is 17.6 Å². The predicted molar refractivity (Wildman–Crippen MR) is 119 cm³/mol. The molecule has 2 heterocycles. The van der Waals surface area contributed by atoms with Crippen LogP contribution in [0.4, 0.5) is 10.5 Å². The van der Waals surface area contributed by atoms with Crippen molar-refractivity contribution in [1.29, 1.82) is 0 Å². The molecule has 7 nitrogen and oxygen atoms in total. The van der Waals surface area contributed by atoms with E-state index in [1.165, 1.54) is 0 Å². The van der Waals surface area contributed by atoms with Gasteiger partial charge in [-0.2, -0.15) is 0 Å². The fourth-order valence-electron chi connectivity index (χ4n) is 3.87. The Labute approximate surface area is 181 Å². The normalized spacial score (nSPS) is 16.0. The van der Waals surface area contributed by atoms with Crippen LogP contribution in [-0.4, -0.2) is 41.6 Å². The summed E-state index contributed by atoms with van der Waals surface area (Å²) in [4.78, 5) is 27.0. The number of amides is 3. The summed E-state index contributed by atoms with van der Waals surface area (Å²) < 4.78 is 4.95. The molecule has 1 atom stereocenters. The maximum Gasteiger partial charge on any atom is 0.321 e. The van der Waals surface area contributed by atoms with Crippen LogP contribution in [0.15, 0.2) is 65.2 Å². The number of piperidine rings is 1. The Balaban J connectivity index is 1.36. The number of rotatable bonds is 5. The molecule has 160 valence electrons. The van der Waals surface area contributed by atoms with Gasteiger partial charge in [-0.1, -0.05) is 53.7 Å². The zero-order chi connectivity index (χ0) is 21.6. The Kier molecular flexibility index (Phi) is 6.31. The molecule has 1 aliphatic heterocycles. The third kappa shape index (κ3) is 5.12. The van der Waals surface area contributed by atoms with Gasteiger partial charge in [0.1, 0.15) is 5.76 Å². The molecule has 1 saturated heterocycles. The van der Waals surface area contributed by atoms with Gasteiger partial charge in [0, 0.05) is 31.3 Å². The molecule has 2 aromatic carbocycles. The van der Waals surface area contributed by atoms with Crippen molar-refractivity contribution in [3.63, 3.8) is 0 Å². The van der Waals surface area contributed by atoms with Crippen LogP contribution in [0.25, 0.3) is 11.1 Å². The highest BCUT2D eigenvalue weighted by Crippen LogP contribution is 2.28. The first kappa shape index (κ1) is 20.7. The van der Waals surface area contributed by atoms with Gasteiger partial charge in [0.05, 0.1) is 5.69 Å². The number of carbonyl (C=O) groups is 2. The molecule has 3 amide bonds. The van der Waals surface area contributed by atoms with Crippen molar-refractivity contribution in [3.8, 4) is 11.1 Å². The number of hydrogen-bond donors (Lipinski definition) is 2. The summed E-state index contributed by atoms with van der Waals surface area (Å²) >= 11 is 0. The molecule has 3 aromatic rings. The first-order valence-corrected chi connectivity index (χ1v) is 10.5. The average molecular weight is 418 g/mol. The summed E-state index contributed by atoms with van der Waals surface area (Å²) in [7, 11) is 0. The van der Waals surface area contributed by atoms with Crippen LogP contribution >= 0.6 is 0 Å². The van der Waals surface area contributed by atoms with Gasteiger partial charge in [0.2, 0.25) is 0 Å². The van der Waals surface area contributed by atoms with Gasteiger partial charge in [-0.3, -0.25) is 4.79 Å². The van der Waals surface area contributed by atoms with E-state index in [0.29, 0.717) is 25.4 Å². The minimum Gasteiger partial charge on any atom is -0.361 e. The second-order valence-corrected chi connectivity index (χ2v) is 7.83. The molecular weight excluding hydrogens is 392 g/mol. The highest BCUT2D eigenvalue weighted by molar-refractivity contribution is 5.94. The van der Waals surface area contributed by atoms with E-state index in [1.54, 1.807) is 13.0 Å². The SMILES string of the molecule is Cc1cc(C(=O)NCC2CCCN(C(=O)Nc3ccccc3-c3ccccc3)C2)no1. The molecule has 1 aromatic heterocycles. The second-order valence-electron chi connectivity index (χ2n) is 7.83. The summed E-state index contributed by atoms with van der Waals surface area (Å²) in [6.45, 7) is 3.54. The van der Waals surface area contributed by atoms with Crippen molar-refractivity contribution in [3.05, 3.63) is 72.1 Å². The number of likely N-dealkylation sites (tertiary alicyclic amines) is 1. The number of nitrogens with zero attached hydrogens (tertiary/aromatic N) is 2. The van der Waals surface area contributed by atoms with Gasteiger partial charge < -0.3 is 20.1 Å². The topological polar surface area (TPSA) is 87.5 Å². The number of para-hydroxylation sites is 1. The van der Waals surface area contributed by atoms with E-state index in [4.69, 9.17) is 4.52 Å². The summed E-state index contributed by atoms with van der Waals surface area (Å²) in [6.07, 6.45) is 1.86. The first-order chi connectivity index (χ1) is 15.1. The highest BCUT2D eigenvalue weighted by atomic mass is 16.5. The number of anilines is 1. The fraction of sp³-hybridized carbons (Fsp3) is 0.292. The molecule has 0 saturated carbocycles. The third-order valence-electron chi connectivity index (χ3n) is 5.47. The van der Waals surface area contributed by atoms with E-state index >= 15 is 0 Å². The largest absolute Gasteiger partial charge is 0.361 e. The van der Waals surface area contributed by atoms with Crippen LogP contribution in [0.3, 0.4) is 0 Å². The lowest BCUT2D eigenvalue weighted by Gasteiger charge is -2.33. The van der Waals surface area contributed by atoms with Gasteiger partial charge in [0.15, 0.2) is 5.69 Å². The van der Waals surface area contributed by atoms with E-state index in [0.717, 1.165) is 29.7 Å². The monoisotopic (exact) mass is 418 g/mol. The lowest BCUT2D eigenvalue weighted by molar-refractivity contribution is 0.0929. The van der Waals surface area contributed by atoms with Gasteiger partial charge in [-0.15, -0.1) is 0 Å². The smallest absolute Gasteiger partial charge is 0.321 e. The van der Waals surface area contributed by atoms with Crippen LogP contribution < -0.4 is 10.6 Å². The summed E-state index contributed by atoms with van der Waals surface area (Å²) in [5.41, 5.74) is 3.11. The molecule has 4 rings (SSSR count). The minimum atomic E-state index is -0.254. The molecule has 31 heavy (non-hydrogen) atoms. The molecule has 0 aliphatic carbocycles. The van der Waals surface area contributed by atoms with Crippen LogP contribution in [0, 0.1) is 12.8 Å². The Morgan fingerprint density at radius 2 is 1.90 bits per heavy atom. The molecule has 0 radical (unpaired) electrons. The van der Waals surface area contributed by atoms with Crippen molar-refractivity contribution < 1.29 is 14.1 Å². The quantitative estimate of drug-likeness (QED) is 0.646. The zero-order valence-corrected chi connectivity index (χ0v) is 17.5. The fourth-order valence-corrected chi connectivity index (χ4v) is 3.87. The number of benzene rings is 2. The van der Waals surface area contributed by atoms with Gasteiger partial charge in [-0.05, 0) is 37.3 Å². The molecule has 1 fully saturated rings. The maximum absolute atomic E-state index is 13.0. The van der Waals surface area contributed by atoms with Gasteiger partial charge >= 0.3 is 6.03 Å². The number of nitrogens with one attached hydrogen (secondary N) is 2. The van der Waals surface area contributed by atoms with E-state index in [1.807, 2.05) is 59.5 Å². The molecule has 1 aliphatic rings. The minimum absolute atomic E-state index is 0.119. The van der Waals surface area contributed by atoms with E-state index in [-0.39, 0.29) is 23.6 Å². The van der Waals surface area contributed by atoms with E-state index in [9.17, 15) is 9.59 Å². The summed E-state index contributed by atoms with van der Waals surface area (Å²) in [5, 5.41) is 9.71. The maximum atomic E-state index is 13.0. The van der Waals surface area contributed by atoms with Crippen molar-refractivity contribution in [2.75, 3.05) is 25.0 Å². The molecule has 2 N–H and O–H groups in total. The Hall–Kier alpha value is -3.61. The summed E-state index contributed by atoms with van der Waals surface area (Å²) in [5.74, 6) is 0.539. The Bertz CT molecular complexity index is 1050. The van der Waals surface area contributed by atoms with Crippen LogP contribution in [0.5, 0.6) is 0 Å². The number of hydrogen-bond acceptors (Lipinski definition) is 4. The molecule has 0 bridgehead atoms. The average Bonchev–Trinajstić information content (AvgIpc) is 3.25. The zero-order valence-electron chi connectivity index (χ0n) is 17.5. The Morgan fingerprint density at radius 3 is 2.68 bits per heavy atom.